The third-order valence-electron chi connectivity index (χ3n) is 7.02. The number of nitrogens with one attached hydrogen (secondary N) is 1. The van der Waals surface area contributed by atoms with Gasteiger partial charge in [0.2, 0.25) is 0 Å². The van der Waals surface area contributed by atoms with Crippen LogP contribution in [0.15, 0.2) is 35.2 Å². The molecule has 1 fully saturated rings. The van der Waals surface area contributed by atoms with Gasteiger partial charge in [-0.1, -0.05) is 23.0 Å². The summed E-state index contributed by atoms with van der Waals surface area (Å²) in [7, 11) is -3.90. The highest BCUT2D eigenvalue weighted by Gasteiger charge is 2.53. The Kier molecular flexibility index (Phi) is 6.02. The van der Waals surface area contributed by atoms with Crippen LogP contribution in [0.5, 0.6) is 0 Å². The van der Waals surface area contributed by atoms with Gasteiger partial charge < -0.3 is 10.0 Å². The van der Waals surface area contributed by atoms with Gasteiger partial charge in [0.15, 0.2) is 15.6 Å². The molecule has 2 N–H and O–H groups in total. The number of hydrogen-bond acceptors (Lipinski definition) is 7. The molecular weight excluding hydrogens is 547 g/mol. The number of alkyl halides is 3. The maximum Gasteiger partial charge on any atom is 0.433 e. The predicted octanol–water partition coefficient (Wildman–Crippen LogP) is 4.75. The zero-order valence-corrected chi connectivity index (χ0v) is 21.4. The standard InChI is InChI=1S/C24H20F3N3O6S2/c1-12-2-4-16-14(10-12)15(31)11-23(38(16,35)36)6-8-30(9-7-23)21(32)18-13-3-5-17(24(25,26)27)28-19(13)37-20(18)29-22(33)34/h2-5,10,29H,6-9,11H2,1H3,(H,33,34). The van der Waals surface area contributed by atoms with E-state index in [1.807, 2.05) is 0 Å². The molecule has 14 heteroatoms. The van der Waals surface area contributed by atoms with Gasteiger partial charge in [0, 0.05) is 30.5 Å². The van der Waals surface area contributed by atoms with Crippen LogP contribution in [0.3, 0.4) is 0 Å². The number of sulfone groups is 1. The summed E-state index contributed by atoms with van der Waals surface area (Å²) in [4.78, 5) is 42.4. The number of nitrogens with zero attached hydrogens (tertiary/aromatic N) is 2. The summed E-state index contributed by atoms with van der Waals surface area (Å²) in [5.41, 5.74) is -0.425. The predicted molar refractivity (Wildman–Crippen MR) is 131 cm³/mol. The lowest BCUT2D eigenvalue weighted by Gasteiger charge is -2.43. The highest BCUT2D eigenvalue weighted by molar-refractivity contribution is 7.93. The lowest BCUT2D eigenvalue weighted by atomic mass is 9.87. The van der Waals surface area contributed by atoms with Crippen molar-refractivity contribution in [3.05, 3.63) is 52.7 Å². The Hall–Kier alpha value is -3.52. The molecule has 200 valence electrons. The number of thiophene rings is 1. The third kappa shape index (κ3) is 4.11. The van der Waals surface area contributed by atoms with Crippen LogP contribution >= 0.6 is 11.3 Å². The van der Waals surface area contributed by atoms with Gasteiger partial charge in [-0.3, -0.25) is 14.9 Å². The van der Waals surface area contributed by atoms with Gasteiger partial charge in [0.1, 0.15) is 15.5 Å². The highest BCUT2D eigenvalue weighted by atomic mass is 32.2. The number of ketones is 1. The van der Waals surface area contributed by atoms with Crippen molar-refractivity contribution >= 4 is 54.2 Å². The number of rotatable bonds is 2. The Balaban J connectivity index is 1.47. The molecule has 0 atom stereocenters. The molecule has 2 amide bonds. The van der Waals surface area contributed by atoms with Gasteiger partial charge >= 0.3 is 12.3 Å². The van der Waals surface area contributed by atoms with Crippen LogP contribution in [0.1, 0.15) is 51.2 Å². The number of carbonyl (C=O) groups excluding carboxylic acids is 2. The van der Waals surface area contributed by atoms with Crippen LogP contribution < -0.4 is 5.32 Å². The number of anilines is 1. The van der Waals surface area contributed by atoms with E-state index in [-0.39, 0.29) is 69.4 Å². The third-order valence-corrected chi connectivity index (χ3v) is 10.7. The van der Waals surface area contributed by atoms with Crippen LogP contribution in [-0.4, -0.2) is 59.0 Å². The van der Waals surface area contributed by atoms with E-state index in [9.17, 15) is 41.1 Å². The van der Waals surface area contributed by atoms with Crippen molar-refractivity contribution in [2.45, 2.75) is 42.0 Å². The Morgan fingerprint density at radius 3 is 2.47 bits per heavy atom. The number of amides is 2. The largest absolute Gasteiger partial charge is 0.465 e. The van der Waals surface area contributed by atoms with Crippen molar-refractivity contribution in [3.8, 4) is 0 Å². The molecule has 0 saturated carbocycles. The number of likely N-dealkylation sites (tertiary alicyclic amines) is 1. The number of aryl methyl sites for hydroxylation is 1. The second kappa shape index (κ2) is 8.76. The lowest BCUT2D eigenvalue weighted by Crippen LogP contribution is -2.53. The minimum Gasteiger partial charge on any atom is -0.465 e. The number of benzene rings is 1. The molecule has 2 aliphatic rings. The monoisotopic (exact) mass is 567 g/mol. The van der Waals surface area contributed by atoms with Crippen molar-refractivity contribution < 1.29 is 41.1 Å². The summed E-state index contributed by atoms with van der Waals surface area (Å²) < 4.78 is 65.2. The SMILES string of the molecule is Cc1ccc2c(c1)C(=O)CC1(CCN(C(=O)c3c(NC(=O)O)sc4nc(C(F)(F)F)ccc34)CC1)S2(=O)=O. The topological polar surface area (TPSA) is 134 Å². The van der Waals surface area contributed by atoms with Crippen LogP contribution in [-0.2, 0) is 16.0 Å². The summed E-state index contributed by atoms with van der Waals surface area (Å²) in [5, 5.41) is 11.1. The van der Waals surface area contributed by atoms with E-state index >= 15 is 0 Å². The van der Waals surface area contributed by atoms with Crippen molar-refractivity contribution in [3.63, 3.8) is 0 Å². The number of pyridine rings is 1. The minimum absolute atomic E-state index is 0.0255. The number of piperidine rings is 1. The minimum atomic E-state index is -4.73. The highest BCUT2D eigenvalue weighted by Crippen LogP contribution is 2.45. The van der Waals surface area contributed by atoms with Crippen molar-refractivity contribution in [1.82, 2.24) is 9.88 Å². The molecule has 0 aliphatic carbocycles. The first-order valence-electron chi connectivity index (χ1n) is 11.4. The molecule has 9 nitrogen and oxygen atoms in total. The van der Waals surface area contributed by atoms with E-state index < -0.39 is 38.5 Å². The fourth-order valence-corrected chi connectivity index (χ4v) is 8.34. The first kappa shape index (κ1) is 26.1. The molecule has 4 heterocycles. The number of hydrogen-bond donors (Lipinski definition) is 2. The van der Waals surface area contributed by atoms with Crippen molar-refractivity contribution in [1.29, 1.82) is 0 Å². The van der Waals surface area contributed by atoms with E-state index in [1.165, 1.54) is 11.0 Å². The number of halogens is 3. The van der Waals surface area contributed by atoms with E-state index in [4.69, 9.17) is 0 Å². The Morgan fingerprint density at radius 1 is 1.16 bits per heavy atom. The number of Topliss-reactive ketones (excluding diaryl/α,β-unsaturated/α-hetero) is 1. The van der Waals surface area contributed by atoms with Gasteiger partial charge in [-0.15, -0.1) is 0 Å². The van der Waals surface area contributed by atoms with Crippen LogP contribution in [0.25, 0.3) is 10.2 Å². The van der Waals surface area contributed by atoms with Gasteiger partial charge in [0.05, 0.1) is 15.2 Å². The maximum atomic E-state index is 13.6. The quantitative estimate of drug-likeness (QED) is 0.457. The molecule has 0 bridgehead atoms. The first-order chi connectivity index (χ1) is 17.7. The average molecular weight is 568 g/mol. The van der Waals surface area contributed by atoms with E-state index in [1.54, 1.807) is 19.1 Å². The molecule has 0 radical (unpaired) electrons. The molecule has 3 aromatic rings. The zero-order chi connectivity index (χ0) is 27.6. The number of carbonyl (C=O) groups is 3. The van der Waals surface area contributed by atoms with Crippen LogP contribution in [0.2, 0.25) is 0 Å². The van der Waals surface area contributed by atoms with Crippen molar-refractivity contribution in [2.24, 2.45) is 0 Å². The van der Waals surface area contributed by atoms with Gasteiger partial charge in [0.25, 0.3) is 5.91 Å². The normalized spacial score (nSPS) is 18.4. The van der Waals surface area contributed by atoms with Crippen molar-refractivity contribution in [2.75, 3.05) is 18.4 Å². The second-order valence-electron chi connectivity index (χ2n) is 9.36. The van der Waals surface area contributed by atoms with Crippen LogP contribution in [0, 0.1) is 6.92 Å². The molecule has 5 rings (SSSR count). The number of fused-ring (bicyclic) bond motifs is 2. The number of aromatic nitrogens is 1. The zero-order valence-electron chi connectivity index (χ0n) is 19.8. The smallest absolute Gasteiger partial charge is 0.433 e. The van der Waals surface area contributed by atoms with E-state index in [0.717, 1.165) is 11.6 Å². The van der Waals surface area contributed by atoms with Gasteiger partial charge in [-0.2, -0.15) is 13.2 Å². The Bertz CT molecular complexity index is 1620. The summed E-state index contributed by atoms with van der Waals surface area (Å²) in [6, 6.07) is 6.38. The lowest BCUT2D eigenvalue weighted by molar-refractivity contribution is -0.140. The van der Waals surface area contributed by atoms with E-state index in [2.05, 4.69) is 10.3 Å². The molecule has 1 spiro atoms. The summed E-state index contributed by atoms with van der Waals surface area (Å²) >= 11 is 0.599. The first-order valence-corrected chi connectivity index (χ1v) is 13.7. The Morgan fingerprint density at radius 2 is 1.84 bits per heavy atom. The van der Waals surface area contributed by atoms with Crippen LogP contribution in [0.4, 0.5) is 23.0 Å². The summed E-state index contributed by atoms with van der Waals surface area (Å²) in [6.45, 7) is 1.66. The average Bonchev–Trinajstić information content (AvgIpc) is 3.18. The summed E-state index contributed by atoms with van der Waals surface area (Å²) in [6.07, 6.45) is -6.52. The molecular formula is C24H20F3N3O6S2. The molecule has 1 aromatic carbocycles. The fourth-order valence-electron chi connectivity index (χ4n) is 5.07. The molecule has 2 aromatic heterocycles. The molecule has 1 saturated heterocycles. The van der Waals surface area contributed by atoms with Gasteiger partial charge in [-0.05, 0) is 44.0 Å². The summed E-state index contributed by atoms with van der Waals surface area (Å²) in [5.74, 6) is -0.964. The molecule has 2 aliphatic heterocycles. The van der Waals surface area contributed by atoms with Gasteiger partial charge in [-0.25, -0.2) is 18.2 Å². The number of carboxylic acid groups (broad SMARTS) is 1. The Labute approximate surface area is 218 Å². The fraction of sp³-hybridized carbons (Fsp3) is 0.333. The maximum absolute atomic E-state index is 13.6. The molecule has 38 heavy (non-hydrogen) atoms. The second-order valence-corrected chi connectivity index (χ2v) is 12.7. The molecule has 0 unspecified atom stereocenters. The van der Waals surface area contributed by atoms with E-state index in [0.29, 0.717) is 17.4 Å².